The van der Waals surface area contributed by atoms with Crippen molar-refractivity contribution in [2.75, 3.05) is 5.73 Å². The molecule has 0 saturated heterocycles. The molecule has 0 unspecified atom stereocenters. The van der Waals surface area contributed by atoms with E-state index in [1.807, 2.05) is 19.1 Å². The lowest BCUT2D eigenvalue weighted by atomic mass is 10.2. The maximum absolute atomic E-state index is 6.04. The largest absolute Gasteiger partial charge is 0.454 e. The van der Waals surface area contributed by atoms with Gasteiger partial charge >= 0.3 is 0 Å². The number of halogens is 2. The van der Waals surface area contributed by atoms with E-state index in [1.165, 1.54) is 0 Å². The molecule has 2 aromatic rings. The van der Waals surface area contributed by atoms with Crippen molar-refractivity contribution < 1.29 is 4.74 Å². The van der Waals surface area contributed by atoms with Crippen LogP contribution >= 0.6 is 23.2 Å². The van der Waals surface area contributed by atoms with E-state index in [-0.39, 0.29) is 0 Å². The molecule has 4 heteroatoms. The molecule has 0 aliphatic carbocycles. The molecule has 0 fully saturated rings. The highest BCUT2D eigenvalue weighted by molar-refractivity contribution is 6.42. The third-order valence-electron chi connectivity index (χ3n) is 2.31. The van der Waals surface area contributed by atoms with Gasteiger partial charge < -0.3 is 10.5 Å². The van der Waals surface area contributed by atoms with E-state index in [9.17, 15) is 0 Å². The molecule has 0 heterocycles. The molecule has 17 heavy (non-hydrogen) atoms. The van der Waals surface area contributed by atoms with Crippen LogP contribution in [0.5, 0.6) is 11.5 Å². The number of ether oxygens (including phenoxy) is 1. The molecule has 0 spiro atoms. The first-order chi connectivity index (χ1) is 8.08. The van der Waals surface area contributed by atoms with Gasteiger partial charge in [0.15, 0.2) is 5.75 Å². The van der Waals surface area contributed by atoms with Gasteiger partial charge in [0.05, 0.1) is 10.7 Å². The second-order valence-electron chi connectivity index (χ2n) is 3.70. The van der Waals surface area contributed by atoms with Crippen molar-refractivity contribution >= 4 is 28.9 Å². The SMILES string of the molecule is Cc1ccc(N)c(Oc2cccc(Cl)c2Cl)c1. The summed E-state index contributed by atoms with van der Waals surface area (Å²) in [4.78, 5) is 0. The molecule has 2 N–H and O–H groups in total. The zero-order valence-electron chi connectivity index (χ0n) is 9.21. The van der Waals surface area contributed by atoms with Crippen LogP contribution in [0.2, 0.25) is 10.0 Å². The molecule has 0 saturated carbocycles. The summed E-state index contributed by atoms with van der Waals surface area (Å²) in [6.07, 6.45) is 0. The maximum atomic E-state index is 6.04. The Morgan fingerprint density at radius 1 is 1.06 bits per heavy atom. The fraction of sp³-hybridized carbons (Fsp3) is 0.0769. The summed E-state index contributed by atoms with van der Waals surface area (Å²) in [5, 5.41) is 0.838. The third-order valence-corrected chi connectivity index (χ3v) is 3.11. The van der Waals surface area contributed by atoms with Crippen LogP contribution in [-0.4, -0.2) is 0 Å². The molecule has 0 aliphatic rings. The van der Waals surface area contributed by atoms with Crippen molar-refractivity contribution in [1.29, 1.82) is 0 Å². The first kappa shape index (κ1) is 12.1. The number of anilines is 1. The highest BCUT2D eigenvalue weighted by atomic mass is 35.5. The van der Waals surface area contributed by atoms with Crippen LogP contribution in [0.4, 0.5) is 5.69 Å². The van der Waals surface area contributed by atoms with Crippen molar-refractivity contribution in [2.24, 2.45) is 0 Å². The minimum atomic E-state index is 0.384. The fourth-order valence-corrected chi connectivity index (χ4v) is 1.74. The van der Waals surface area contributed by atoms with Crippen molar-refractivity contribution in [2.45, 2.75) is 6.92 Å². The number of nitrogen functional groups attached to an aromatic ring is 1. The Morgan fingerprint density at radius 2 is 1.82 bits per heavy atom. The van der Waals surface area contributed by atoms with Gasteiger partial charge in [0, 0.05) is 0 Å². The van der Waals surface area contributed by atoms with Crippen molar-refractivity contribution in [3.63, 3.8) is 0 Å². The second kappa shape index (κ2) is 4.86. The van der Waals surface area contributed by atoms with E-state index in [4.69, 9.17) is 33.7 Å². The molecular weight excluding hydrogens is 257 g/mol. The van der Waals surface area contributed by atoms with Crippen molar-refractivity contribution in [3.8, 4) is 11.5 Å². The standard InChI is InChI=1S/C13H11Cl2NO/c1-8-5-6-10(16)12(7-8)17-11-4-2-3-9(14)13(11)15/h2-7H,16H2,1H3. The quantitative estimate of drug-likeness (QED) is 0.803. The molecule has 2 aromatic carbocycles. The summed E-state index contributed by atoms with van der Waals surface area (Å²) < 4.78 is 5.66. The summed E-state index contributed by atoms with van der Waals surface area (Å²) in [5.41, 5.74) is 7.45. The first-order valence-electron chi connectivity index (χ1n) is 5.06. The van der Waals surface area contributed by atoms with Crippen LogP contribution < -0.4 is 10.5 Å². The van der Waals surface area contributed by atoms with Crippen LogP contribution in [0.1, 0.15) is 5.56 Å². The number of hydrogen-bond donors (Lipinski definition) is 1. The van der Waals surface area contributed by atoms with Crippen LogP contribution in [0.25, 0.3) is 0 Å². The lowest BCUT2D eigenvalue weighted by molar-refractivity contribution is 0.485. The predicted octanol–water partition coefficient (Wildman–Crippen LogP) is 4.68. The Kier molecular flexibility index (Phi) is 3.46. The highest BCUT2D eigenvalue weighted by Gasteiger charge is 2.08. The van der Waals surface area contributed by atoms with Gasteiger partial charge in [0.1, 0.15) is 10.8 Å². The summed E-state index contributed by atoms with van der Waals surface area (Å²) in [7, 11) is 0. The third kappa shape index (κ3) is 2.65. The molecule has 0 radical (unpaired) electrons. The lowest BCUT2D eigenvalue weighted by Gasteiger charge is -2.11. The first-order valence-corrected chi connectivity index (χ1v) is 5.81. The average molecular weight is 268 g/mol. The Labute approximate surface area is 110 Å². The maximum Gasteiger partial charge on any atom is 0.150 e. The van der Waals surface area contributed by atoms with Gasteiger partial charge in [0.25, 0.3) is 0 Å². The zero-order valence-corrected chi connectivity index (χ0v) is 10.7. The average Bonchev–Trinajstić information content (AvgIpc) is 2.30. The summed E-state index contributed by atoms with van der Waals surface area (Å²) in [5.74, 6) is 1.07. The number of rotatable bonds is 2. The van der Waals surface area contributed by atoms with E-state index in [1.54, 1.807) is 24.3 Å². The molecule has 0 atom stereocenters. The topological polar surface area (TPSA) is 35.2 Å². The van der Waals surface area contributed by atoms with Crippen LogP contribution in [-0.2, 0) is 0 Å². The van der Waals surface area contributed by atoms with Crippen LogP contribution in [0.3, 0.4) is 0 Å². The Balaban J connectivity index is 2.38. The molecule has 0 bridgehead atoms. The van der Waals surface area contributed by atoms with Gasteiger partial charge in [-0.1, -0.05) is 35.3 Å². The van der Waals surface area contributed by atoms with Crippen LogP contribution in [0, 0.1) is 6.92 Å². The molecule has 0 amide bonds. The molecule has 0 aromatic heterocycles. The van der Waals surface area contributed by atoms with Gasteiger partial charge in [0.2, 0.25) is 0 Å². The lowest BCUT2D eigenvalue weighted by Crippen LogP contribution is -1.93. The number of hydrogen-bond acceptors (Lipinski definition) is 2. The number of nitrogens with two attached hydrogens (primary N) is 1. The van der Waals surface area contributed by atoms with Crippen molar-refractivity contribution in [3.05, 3.63) is 52.0 Å². The Morgan fingerprint density at radius 3 is 2.59 bits per heavy atom. The van der Waals surface area contributed by atoms with Gasteiger partial charge in [-0.2, -0.15) is 0 Å². The summed E-state index contributed by atoms with van der Waals surface area (Å²) in [6.45, 7) is 1.96. The molecule has 2 rings (SSSR count). The normalized spacial score (nSPS) is 10.3. The summed E-state index contributed by atoms with van der Waals surface area (Å²) in [6, 6.07) is 10.8. The van der Waals surface area contributed by atoms with E-state index >= 15 is 0 Å². The monoisotopic (exact) mass is 267 g/mol. The van der Waals surface area contributed by atoms with E-state index in [0.717, 1.165) is 5.56 Å². The molecule has 2 nitrogen and oxygen atoms in total. The van der Waals surface area contributed by atoms with Gasteiger partial charge in [-0.25, -0.2) is 0 Å². The van der Waals surface area contributed by atoms with Crippen molar-refractivity contribution in [1.82, 2.24) is 0 Å². The molecular formula is C13H11Cl2NO. The van der Waals surface area contributed by atoms with Gasteiger partial charge in [-0.05, 0) is 36.8 Å². The van der Waals surface area contributed by atoms with E-state index in [2.05, 4.69) is 0 Å². The highest BCUT2D eigenvalue weighted by Crippen LogP contribution is 2.36. The smallest absolute Gasteiger partial charge is 0.150 e. The van der Waals surface area contributed by atoms with Gasteiger partial charge in [-0.3, -0.25) is 0 Å². The number of benzene rings is 2. The van der Waals surface area contributed by atoms with E-state index in [0.29, 0.717) is 27.2 Å². The van der Waals surface area contributed by atoms with Crippen LogP contribution in [0.15, 0.2) is 36.4 Å². The summed E-state index contributed by atoms with van der Waals surface area (Å²) >= 11 is 11.9. The predicted molar refractivity (Wildman–Crippen MR) is 72.1 cm³/mol. The van der Waals surface area contributed by atoms with Gasteiger partial charge in [-0.15, -0.1) is 0 Å². The zero-order chi connectivity index (χ0) is 12.4. The second-order valence-corrected chi connectivity index (χ2v) is 4.48. The van der Waals surface area contributed by atoms with E-state index < -0.39 is 0 Å². The minimum Gasteiger partial charge on any atom is -0.454 e. The molecule has 0 aliphatic heterocycles. The number of aryl methyl sites for hydroxylation is 1. The minimum absolute atomic E-state index is 0.384. The fourth-order valence-electron chi connectivity index (χ4n) is 1.41. The molecule has 88 valence electrons. The Bertz CT molecular complexity index is 555. The Hall–Kier alpha value is -1.38.